The van der Waals surface area contributed by atoms with Gasteiger partial charge in [0.2, 0.25) is 0 Å². The van der Waals surface area contributed by atoms with Crippen LogP contribution < -0.4 is 0 Å². The number of likely N-dealkylation sites (tertiary alicyclic amines) is 1. The highest BCUT2D eigenvalue weighted by Crippen LogP contribution is 2.40. The van der Waals surface area contributed by atoms with Crippen molar-refractivity contribution in [2.75, 3.05) is 19.7 Å². The molecule has 1 N–H and O–H groups in total. The number of hydrogen-bond donors (Lipinski definition) is 1. The maximum atomic E-state index is 13.8. The first-order valence-electron chi connectivity index (χ1n) is 13.5. The number of halogens is 1. The van der Waals surface area contributed by atoms with E-state index in [4.69, 9.17) is 4.74 Å². The Kier molecular flexibility index (Phi) is 9.20. The Morgan fingerprint density at radius 2 is 1.55 bits per heavy atom. The molecule has 0 unspecified atom stereocenters. The molecule has 0 amide bonds. The van der Waals surface area contributed by atoms with Crippen LogP contribution in [0.15, 0.2) is 46.5 Å². The molecule has 0 radical (unpaired) electrons. The van der Waals surface area contributed by atoms with Crippen LogP contribution in [0.4, 0.5) is 0 Å². The molecule has 5 nitrogen and oxygen atoms in total. The first kappa shape index (κ1) is 30.4. The van der Waals surface area contributed by atoms with Crippen molar-refractivity contribution in [1.82, 2.24) is 4.90 Å². The maximum Gasteiger partial charge on any atom is 0.182 e. The largest absolute Gasteiger partial charge is 0.507 e. The molecule has 1 saturated heterocycles. The minimum absolute atomic E-state index is 0.0190. The van der Waals surface area contributed by atoms with Gasteiger partial charge in [0.25, 0.3) is 0 Å². The zero-order chi connectivity index (χ0) is 28.5. The predicted molar refractivity (Wildman–Crippen MR) is 161 cm³/mol. The number of aromatic hydroxyl groups is 1. The Hall–Kier alpha value is -2.18. The van der Waals surface area contributed by atoms with Crippen LogP contribution in [0.5, 0.6) is 5.75 Å². The number of ether oxygens (including phenoxy) is 1. The van der Waals surface area contributed by atoms with E-state index in [0.29, 0.717) is 18.7 Å². The lowest BCUT2D eigenvalue weighted by molar-refractivity contribution is -0.0258. The zero-order valence-electron chi connectivity index (χ0n) is 24.6. The van der Waals surface area contributed by atoms with E-state index in [1.807, 2.05) is 18.2 Å². The zero-order valence-corrected chi connectivity index (χ0v) is 26.1. The molecule has 38 heavy (non-hydrogen) atoms. The van der Waals surface area contributed by atoms with Crippen LogP contribution in [0.1, 0.15) is 89.4 Å². The van der Waals surface area contributed by atoms with E-state index in [1.165, 1.54) is 5.56 Å². The average Bonchev–Trinajstić information content (AvgIpc) is 3.12. The van der Waals surface area contributed by atoms with Crippen LogP contribution >= 0.6 is 16.1 Å². The molecule has 1 heterocycles. The van der Waals surface area contributed by atoms with Gasteiger partial charge in [-0.25, -0.2) is 0 Å². The Balaban J connectivity index is 1.94. The molecule has 0 spiro atoms. The van der Waals surface area contributed by atoms with Crippen molar-refractivity contribution in [3.8, 4) is 5.75 Å². The maximum absolute atomic E-state index is 13.8. The number of phenolic OH excluding ortho intramolecular Hbond substituents is 1. The second-order valence-corrected chi connectivity index (χ2v) is 14.0. The van der Waals surface area contributed by atoms with Crippen molar-refractivity contribution in [1.29, 1.82) is 0 Å². The molecular formula is C32H45BrN2O3. The van der Waals surface area contributed by atoms with Crippen LogP contribution in [0.25, 0.3) is 0 Å². The summed E-state index contributed by atoms with van der Waals surface area (Å²) in [7, 11) is 0. The molecule has 2 aromatic rings. The van der Waals surface area contributed by atoms with Gasteiger partial charge < -0.3 is 14.7 Å². The normalized spacial score (nSPS) is 19.8. The lowest BCUT2D eigenvalue weighted by atomic mass is 9.78. The highest BCUT2D eigenvalue weighted by Gasteiger charge is 2.40. The van der Waals surface area contributed by atoms with Crippen LogP contribution in [-0.2, 0) is 22.0 Å². The van der Waals surface area contributed by atoms with Crippen molar-refractivity contribution in [3.63, 3.8) is 0 Å². The molecule has 208 valence electrons. The van der Waals surface area contributed by atoms with Gasteiger partial charge in [-0.2, -0.15) is 4.02 Å². The number of Topliss-reactive ketones (excluding diaryl/α,β-unsaturated/α-hetero) is 1. The monoisotopic (exact) mass is 584 g/mol. The molecule has 1 aliphatic heterocycles. The van der Waals surface area contributed by atoms with Crippen molar-refractivity contribution in [2.45, 2.75) is 85.2 Å². The number of ketones is 1. The van der Waals surface area contributed by atoms with Crippen LogP contribution in [-0.4, -0.2) is 46.9 Å². The van der Waals surface area contributed by atoms with Crippen molar-refractivity contribution in [2.24, 2.45) is 15.9 Å². The van der Waals surface area contributed by atoms with Crippen LogP contribution in [0, 0.1) is 11.8 Å². The van der Waals surface area contributed by atoms with E-state index in [0.717, 1.165) is 23.4 Å². The molecule has 1 fully saturated rings. The molecule has 2 atom stereocenters. The van der Waals surface area contributed by atoms with Crippen molar-refractivity contribution in [3.05, 3.63) is 64.7 Å². The molecular weight excluding hydrogens is 540 g/mol. The molecule has 0 aliphatic carbocycles. The fourth-order valence-corrected chi connectivity index (χ4v) is 5.55. The smallest absolute Gasteiger partial charge is 0.182 e. The summed E-state index contributed by atoms with van der Waals surface area (Å²) in [5, 5.41) is 11.1. The number of rotatable bonds is 7. The minimum Gasteiger partial charge on any atom is -0.507 e. The fourth-order valence-electron chi connectivity index (χ4n) is 5.07. The van der Waals surface area contributed by atoms with Gasteiger partial charge in [-0.15, -0.1) is 0 Å². The summed E-state index contributed by atoms with van der Waals surface area (Å²) in [4.78, 5) is 15.9. The molecule has 1 aliphatic rings. The molecule has 0 aromatic heterocycles. The molecule has 2 aromatic carbocycles. The van der Waals surface area contributed by atoms with Gasteiger partial charge in [-0.3, -0.25) is 4.79 Å². The second-order valence-electron chi connectivity index (χ2n) is 13.6. The first-order valence-corrected chi connectivity index (χ1v) is 14.2. The number of amidine groups is 1. The van der Waals surface area contributed by atoms with E-state index < -0.39 is 0 Å². The summed E-state index contributed by atoms with van der Waals surface area (Å²) < 4.78 is 10.7. The number of carbonyl (C=O) groups excluding carboxylic acids is 1. The third-order valence-electron chi connectivity index (χ3n) is 7.18. The van der Waals surface area contributed by atoms with Gasteiger partial charge in [0.1, 0.15) is 11.6 Å². The van der Waals surface area contributed by atoms with Gasteiger partial charge in [-0.1, -0.05) is 71.9 Å². The van der Waals surface area contributed by atoms with Crippen molar-refractivity contribution < 1.29 is 14.6 Å². The van der Waals surface area contributed by atoms with E-state index in [2.05, 4.69) is 112 Å². The average molecular weight is 586 g/mol. The fraction of sp³-hybridized carbons (Fsp3) is 0.562. The highest BCUT2D eigenvalue weighted by molar-refractivity contribution is 9.08. The lowest BCUT2D eigenvalue weighted by Crippen LogP contribution is -2.33. The van der Waals surface area contributed by atoms with Gasteiger partial charge in [0.05, 0.1) is 34.9 Å². The topological polar surface area (TPSA) is 62.1 Å². The minimum atomic E-state index is -0.299. The van der Waals surface area contributed by atoms with Gasteiger partial charge in [-0.05, 0) is 55.7 Å². The van der Waals surface area contributed by atoms with Crippen LogP contribution in [0.2, 0.25) is 0 Å². The van der Waals surface area contributed by atoms with E-state index in [1.54, 1.807) is 0 Å². The molecule has 0 bridgehead atoms. The van der Waals surface area contributed by atoms with Gasteiger partial charge in [0, 0.05) is 35.1 Å². The Morgan fingerprint density at radius 3 is 2.03 bits per heavy atom. The predicted octanol–water partition coefficient (Wildman–Crippen LogP) is 7.48. The van der Waals surface area contributed by atoms with Crippen molar-refractivity contribution >= 4 is 27.8 Å². The lowest BCUT2D eigenvalue weighted by Gasteiger charge is -2.28. The Morgan fingerprint density at radius 1 is 1.00 bits per heavy atom. The highest BCUT2D eigenvalue weighted by atomic mass is 79.9. The van der Waals surface area contributed by atoms with E-state index >= 15 is 0 Å². The number of hydrogen-bond acceptors (Lipinski definition) is 4. The van der Waals surface area contributed by atoms with Gasteiger partial charge >= 0.3 is 0 Å². The summed E-state index contributed by atoms with van der Waals surface area (Å²) in [5.74, 6) is 1.52. The third kappa shape index (κ3) is 7.47. The van der Waals surface area contributed by atoms with Crippen LogP contribution in [0.3, 0.4) is 0 Å². The number of phenols is 1. The SMILES string of the molecule is CC(C)(C)OC[C@H]1CN(CC(=O)c2cc(C(C)(C)C)c(O)c(C(C)(C)C)c2)C(=NBr)[C@@H]1Cc1ccccc1. The third-order valence-corrected chi connectivity index (χ3v) is 7.54. The molecule has 0 saturated carbocycles. The summed E-state index contributed by atoms with van der Waals surface area (Å²) in [6, 6.07) is 14.2. The van der Waals surface area contributed by atoms with E-state index in [9.17, 15) is 9.90 Å². The number of nitrogens with zero attached hydrogens (tertiary/aromatic N) is 2. The molecule has 3 rings (SSSR count). The number of benzene rings is 2. The summed E-state index contributed by atoms with van der Waals surface area (Å²) in [5.41, 5.74) is 2.61. The van der Waals surface area contributed by atoms with E-state index in [-0.39, 0.29) is 46.3 Å². The van der Waals surface area contributed by atoms with Gasteiger partial charge in [0.15, 0.2) is 5.78 Å². The molecule has 6 heteroatoms. The second kappa shape index (κ2) is 11.5. The number of carbonyl (C=O) groups is 1. The Bertz CT molecular complexity index is 1120. The standard InChI is InChI=1S/C32H45BrN2O3/c1-30(2,3)25-16-22(17-26(28(25)37)31(4,5)6)27(36)19-35-18-23(20-38-32(7,8)9)24(29(35)34-33)15-21-13-11-10-12-14-21/h10-14,16-17,23-24,37H,15,18-20H2,1-9H3/t23-,24-/m1/s1. The first-order chi connectivity index (χ1) is 17.5. The summed E-state index contributed by atoms with van der Waals surface area (Å²) in [6.45, 7) is 20.1. The Labute approximate surface area is 238 Å². The summed E-state index contributed by atoms with van der Waals surface area (Å²) >= 11 is 3.38. The summed E-state index contributed by atoms with van der Waals surface area (Å²) in [6.07, 6.45) is 0.829. The quantitative estimate of drug-likeness (QED) is 0.342.